The fraction of sp³-hybridized carbons (Fsp3) is 0.945. The van der Waals surface area contributed by atoms with Crippen LogP contribution in [0.25, 0.3) is 10.4 Å². The fourth-order valence-electron chi connectivity index (χ4n) is 9.69. The van der Waals surface area contributed by atoms with Gasteiger partial charge in [0, 0.05) is 30.8 Å². The number of carbonyl (C=O) groups is 4. The van der Waals surface area contributed by atoms with Gasteiger partial charge in [0.1, 0.15) is 5.41 Å². The van der Waals surface area contributed by atoms with Crippen LogP contribution < -0.4 is 5.32 Å². The largest absolute Gasteiger partial charge is 0.481 e. The number of rotatable bonds is 96. The molecule has 0 atom stereocenters. The first-order chi connectivity index (χ1) is 52.8. The van der Waals surface area contributed by atoms with Gasteiger partial charge in [0.15, 0.2) is 0 Å². The van der Waals surface area contributed by atoms with Gasteiger partial charge in [0.05, 0.1) is 304 Å². The van der Waals surface area contributed by atoms with Gasteiger partial charge in [-0.15, -0.1) is 0 Å². The first-order valence-electron chi connectivity index (χ1n) is 39.0. The lowest BCUT2D eigenvalue weighted by molar-refractivity contribution is -0.157. The number of nitrogens with zero attached hydrogens (tertiary/aromatic N) is 3. The van der Waals surface area contributed by atoms with Crippen LogP contribution in [0.5, 0.6) is 0 Å². The smallest absolute Gasteiger partial charge is 0.319 e. The first-order valence-corrected chi connectivity index (χ1v) is 39.0. The second-order valence-corrected chi connectivity index (χ2v) is 24.1. The number of aliphatic carboxylic acids is 3. The number of hydrogen-bond acceptors (Lipinski definition) is 28. The van der Waals surface area contributed by atoms with Crippen LogP contribution in [0.3, 0.4) is 0 Å². The molecule has 632 valence electrons. The third-order valence-electron chi connectivity index (χ3n) is 15.4. The van der Waals surface area contributed by atoms with E-state index >= 15 is 0 Å². The Morgan fingerprint density at radius 2 is 0.421 bits per heavy atom. The van der Waals surface area contributed by atoms with Crippen LogP contribution in [-0.4, -0.2) is 356 Å². The number of carboxylic acid groups (broad SMARTS) is 3. The van der Waals surface area contributed by atoms with Gasteiger partial charge >= 0.3 is 17.9 Å². The third kappa shape index (κ3) is 83.0. The van der Waals surface area contributed by atoms with Gasteiger partial charge < -0.3 is 130 Å². The Morgan fingerprint density at radius 1 is 0.252 bits per heavy atom. The summed E-state index contributed by atoms with van der Waals surface area (Å²) >= 11 is 0. The van der Waals surface area contributed by atoms with Crippen LogP contribution >= 0.6 is 0 Å². The molecule has 0 aliphatic rings. The van der Waals surface area contributed by atoms with E-state index in [4.69, 9.17) is 125 Å². The van der Waals surface area contributed by atoms with Crippen molar-refractivity contribution in [2.24, 2.45) is 10.5 Å². The number of azide groups is 1. The topological polar surface area (TPSA) is 402 Å². The number of carbonyl (C=O) groups excluding carboxylic acids is 1. The lowest BCUT2D eigenvalue weighted by Gasteiger charge is -2.28. The Bertz CT molecular complexity index is 1880. The molecule has 0 aromatic rings. The molecule has 107 heavy (non-hydrogen) atoms. The van der Waals surface area contributed by atoms with Crippen molar-refractivity contribution in [2.75, 3.05) is 317 Å². The van der Waals surface area contributed by atoms with Crippen molar-refractivity contribution in [3.8, 4) is 0 Å². The molecule has 1 amide bonds. The number of amides is 1. The van der Waals surface area contributed by atoms with Crippen LogP contribution in [0.4, 0.5) is 0 Å². The molecule has 0 bridgehead atoms. The van der Waals surface area contributed by atoms with E-state index in [0.717, 1.165) is 77.0 Å². The molecule has 0 fully saturated rings. The van der Waals surface area contributed by atoms with Gasteiger partial charge in [-0.05, 0) is 31.2 Å². The minimum Gasteiger partial charge on any atom is -0.481 e. The lowest BCUT2D eigenvalue weighted by atomic mass is 9.76. The van der Waals surface area contributed by atoms with E-state index in [1.807, 2.05) is 0 Å². The van der Waals surface area contributed by atoms with Crippen molar-refractivity contribution in [1.29, 1.82) is 0 Å². The molecule has 34 nitrogen and oxygen atoms in total. The SMILES string of the molecule is [N-]=[N+]=NCCOCCOCCOCCOCCOCCOCCOCCOCCOCCOCCOCCOCCOCCOCCOCCOCCOCCOCCOCCOCCOCCOCCOCCNC(=O)C(CCCCCCCCCCC(=O)O)(CCCCCCCCCCC(=O)O)C(=O)O. The summed E-state index contributed by atoms with van der Waals surface area (Å²) in [4.78, 5) is 50.5. The molecule has 0 spiro atoms. The predicted molar refractivity (Wildman–Crippen MR) is 394 cm³/mol. The molecule has 0 heterocycles. The van der Waals surface area contributed by atoms with E-state index in [9.17, 15) is 24.3 Å². The normalized spacial score (nSPS) is 11.7. The summed E-state index contributed by atoms with van der Waals surface area (Å²) in [6.07, 6.45) is 14.7. The average Bonchev–Trinajstić information content (AvgIpc) is 0.819. The number of carboxylic acids is 3. The fourth-order valence-corrected chi connectivity index (χ4v) is 9.69. The van der Waals surface area contributed by atoms with Crippen molar-refractivity contribution in [2.45, 2.75) is 128 Å². The van der Waals surface area contributed by atoms with Crippen LogP contribution in [0.15, 0.2) is 5.11 Å². The minimum absolute atomic E-state index is 0.182. The van der Waals surface area contributed by atoms with Crippen molar-refractivity contribution >= 4 is 23.8 Å². The first kappa shape index (κ1) is 103. The number of nitrogens with one attached hydrogen (secondary N) is 1. The Balaban J connectivity index is 3.46. The molecule has 0 rings (SSSR count). The van der Waals surface area contributed by atoms with Gasteiger partial charge in [-0.2, -0.15) is 0 Å². The Kier molecular flexibility index (Phi) is 86.4. The molecular formula is C73H140N4O30. The zero-order valence-corrected chi connectivity index (χ0v) is 64.8. The van der Waals surface area contributed by atoms with Crippen LogP contribution in [0.2, 0.25) is 0 Å². The maximum atomic E-state index is 13.6. The van der Waals surface area contributed by atoms with E-state index < -0.39 is 29.2 Å². The minimum atomic E-state index is -1.52. The quantitative estimate of drug-likeness (QED) is 0.0159. The van der Waals surface area contributed by atoms with E-state index in [-0.39, 0.29) is 38.8 Å². The maximum Gasteiger partial charge on any atom is 0.319 e. The molecular weight excluding hydrogens is 1410 g/mol. The summed E-state index contributed by atoms with van der Waals surface area (Å²) < 4.78 is 127. The molecule has 0 saturated carbocycles. The highest BCUT2D eigenvalue weighted by Crippen LogP contribution is 2.33. The highest BCUT2D eigenvalue weighted by atomic mass is 16.6. The van der Waals surface area contributed by atoms with Gasteiger partial charge in [-0.3, -0.25) is 19.2 Å². The predicted octanol–water partition coefficient (Wildman–Crippen LogP) is 6.84. The second kappa shape index (κ2) is 89.5. The Labute approximate surface area is 636 Å². The third-order valence-corrected chi connectivity index (χ3v) is 15.4. The summed E-state index contributed by atoms with van der Waals surface area (Å²) in [6, 6.07) is 0. The molecule has 0 aliphatic heterocycles. The number of hydrogen-bond donors (Lipinski definition) is 4. The van der Waals surface area contributed by atoms with E-state index in [1.54, 1.807) is 0 Å². The summed E-state index contributed by atoms with van der Waals surface area (Å²) in [5.74, 6) is -3.12. The average molecular weight is 1550 g/mol. The molecule has 0 unspecified atom stereocenters. The maximum absolute atomic E-state index is 13.6. The van der Waals surface area contributed by atoms with Gasteiger partial charge in [0.25, 0.3) is 0 Å². The second-order valence-electron chi connectivity index (χ2n) is 24.1. The highest BCUT2D eigenvalue weighted by Gasteiger charge is 2.44. The number of ether oxygens (including phenoxy) is 23. The van der Waals surface area contributed by atoms with Crippen LogP contribution in [0, 0.1) is 5.41 Å². The number of unbranched alkanes of at least 4 members (excludes halogenated alkanes) is 14. The van der Waals surface area contributed by atoms with Crippen LogP contribution in [-0.2, 0) is 128 Å². The van der Waals surface area contributed by atoms with E-state index in [0.29, 0.717) is 330 Å². The molecule has 0 aliphatic carbocycles. The standard InChI is InChI=1S/C73H140N4O30/c74-77-76-22-24-86-26-28-88-30-32-90-34-36-92-38-40-94-42-44-96-46-48-98-50-52-100-54-56-102-58-60-104-62-64-106-66-68-107-67-65-105-63-61-103-59-57-101-55-53-99-51-49-97-47-45-95-43-41-93-39-37-91-35-33-89-31-29-87-27-25-85-23-21-75-71(82)73(72(83)84,19-15-11-7-3-1-5-9-13-17-69(78)79)20-16-12-8-4-2-6-10-14-18-70(80)81/h1-68H2,(H,75,82)(H,78,79)(H,80,81)(H,83,84). The molecule has 0 aromatic carbocycles. The lowest BCUT2D eigenvalue weighted by Crippen LogP contribution is -2.47. The van der Waals surface area contributed by atoms with Gasteiger partial charge in [-0.1, -0.05) is 95.0 Å². The van der Waals surface area contributed by atoms with Crippen LogP contribution in [0.1, 0.15) is 128 Å². The zero-order chi connectivity index (χ0) is 77.3. The monoisotopic (exact) mass is 1550 g/mol. The van der Waals surface area contributed by atoms with Crippen molar-refractivity contribution < 1.29 is 143 Å². The van der Waals surface area contributed by atoms with E-state index in [2.05, 4.69) is 15.3 Å². The van der Waals surface area contributed by atoms with Crippen molar-refractivity contribution in [3.63, 3.8) is 0 Å². The molecule has 0 saturated heterocycles. The highest BCUT2D eigenvalue weighted by molar-refractivity contribution is 6.01. The zero-order valence-electron chi connectivity index (χ0n) is 64.8. The summed E-state index contributed by atoms with van der Waals surface area (Å²) in [5, 5.41) is 34.3. The molecule has 0 aromatic heterocycles. The van der Waals surface area contributed by atoms with Gasteiger partial charge in [0.2, 0.25) is 5.91 Å². The molecule has 34 heteroatoms. The summed E-state index contributed by atoms with van der Waals surface area (Å²) in [7, 11) is 0. The Hall–Kier alpha value is -3.73. The van der Waals surface area contributed by atoms with Crippen molar-refractivity contribution in [3.05, 3.63) is 10.4 Å². The van der Waals surface area contributed by atoms with Gasteiger partial charge in [-0.25, -0.2) is 0 Å². The molecule has 4 N–H and O–H groups in total. The summed E-state index contributed by atoms with van der Waals surface area (Å²) in [6.45, 7) is 21.0. The van der Waals surface area contributed by atoms with Crippen molar-refractivity contribution in [1.82, 2.24) is 5.32 Å². The summed E-state index contributed by atoms with van der Waals surface area (Å²) in [5.41, 5.74) is 6.67. The molecule has 0 radical (unpaired) electrons. The van der Waals surface area contributed by atoms with E-state index in [1.165, 1.54) is 0 Å². The Morgan fingerprint density at radius 3 is 0.598 bits per heavy atom.